The van der Waals surface area contributed by atoms with E-state index in [9.17, 15) is 10.1 Å². The van der Waals surface area contributed by atoms with E-state index >= 15 is 0 Å². The molecule has 1 heterocycles. The smallest absolute Gasteiger partial charge is 0.287 e. The summed E-state index contributed by atoms with van der Waals surface area (Å²) in [7, 11) is 0. The fraction of sp³-hybridized carbons (Fsp3) is 0.100. The second kappa shape index (κ2) is 8.57. The molecule has 7 nitrogen and oxygen atoms in total. The van der Waals surface area contributed by atoms with Crippen molar-refractivity contribution < 1.29 is 9.66 Å². The Morgan fingerprint density at radius 1 is 1.15 bits per heavy atom. The maximum absolute atomic E-state index is 10.6. The molecule has 136 valence electrons. The van der Waals surface area contributed by atoms with Gasteiger partial charge in [-0.1, -0.05) is 24.3 Å². The highest BCUT2D eigenvalue weighted by Crippen LogP contribution is 2.15. The number of hydrazone groups is 1. The Labute approximate surface area is 156 Å². The van der Waals surface area contributed by atoms with Crippen LogP contribution < -0.4 is 10.2 Å². The van der Waals surface area contributed by atoms with E-state index in [-0.39, 0.29) is 5.69 Å². The molecule has 7 heteroatoms. The fourth-order valence-corrected chi connectivity index (χ4v) is 2.32. The Kier molecular flexibility index (Phi) is 5.73. The molecule has 0 unspecified atom stereocenters. The number of nitrogens with zero attached hydrogens (tertiary/aromatic N) is 3. The van der Waals surface area contributed by atoms with Crippen molar-refractivity contribution in [3.63, 3.8) is 0 Å². The first-order valence-corrected chi connectivity index (χ1v) is 8.29. The lowest BCUT2D eigenvalue weighted by Gasteiger charge is -2.08. The van der Waals surface area contributed by atoms with Gasteiger partial charge < -0.3 is 4.74 Å². The Balaban J connectivity index is 1.53. The molecule has 0 fully saturated rings. The predicted molar refractivity (Wildman–Crippen MR) is 104 cm³/mol. The molecule has 0 atom stereocenters. The molecule has 0 aliphatic rings. The highest BCUT2D eigenvalue weighted by molar-refractivity contribution is 5.80. The molecule has 1 aromatic heterocycles. The molecule has 2 aromatic carbocycles. The summed E-state index contributed by atoms with van der Waals surface area (Å²) < 4.78 is 5.81. The van der Waals surface area contributed by atoms with E-state index in [2.05, 4.69) is 28.5 Å². The summed E-state index contributed by atoms with van der Waals surface area (Å²) in [5, 5.41) is 14.7. The number of ether oxygens (including phenoxy) is 1. The van der Waals surface area contributed by atoms with Gasteiger partial charge in [-0.05, 0) is 53.9 Å². The molecular weight excluding hydrogens is 344 g/mol. The summed E-state index contributed by atoms with van der Waals surface area (Å²) >= 11 is 0. The molecule has 1 N–H and O–H groups in total. The molecule has 0 saturated carbocycles. The van der Waals surface area contributed by atoms with Crippen molar-refractivity contribution in [2.24, 2.45) is 5.10 Å². The average Bonchev–Trinajstić information content (AvgIpc) is 2.69. The molecule has 0 amide bonds. The molecule has 3 rings (SSSR count). The first kappa shape index (κ1) is 18.1. The van der Waals surface area contributed by atoms with Crippen molar-refractivity contribution >= 4 is 17.7 Å². The SMILES string of the molecule is Cc1ccccc1COc1ccc(/C=N\Nc2ccc([N+](=O)[O-])cn2)cc1. The highest BCUT2D eigenvalue weighted by Gasteiger charge is 2.04. The van der Waals surface area contributed by atoms with Gasteiger partial charge in [0.25, 0.3) is 5.69 Å². The Hall–Kier alpha value is -3.74. The van der Waals surface area contributed by atoms with Crippen LogP contribution in [0, 0.1) is 17.0 Å². The summed E-state index contributed by atoms with van der Waals surface area (Å²) in [5.74, 6) is 1.20. The van der Waals surface area contributed by atoms with Gasteiger partial charge in [0.1, 0.15) is 24.4 Å². The lowest BCUT2D eigenvalue weighted by atomic mass is 10.1. The second-order valence-corrected chi connectivity index (χ2v) is 5.81. The first-order valence-electron chi connectivity index (χ1n) is 8.29. The van der Waals surface area contributed by atoms with Crippen LogP contribution in [0.5, 0.6) is 5.75 Å². The van der Waals surface area contributed by atoms with Crippen LogP contribution in [0.2, 0.25) is 0 Å². The van der Waals surface area contributed by atoms with Gasteiger partial charge in [-0.3, -0.25) is 15.5 Å². The van der Waals surface area contributed by atoms with Gasteiger partial charge in [0.2, 0.25) is 0 Å². The second-order valence-electron chi connectivity index (χ2n) is 5.81. The van der Waals surface area contributed by atoms with Crippen LogP contribution in [0.25, 0.3) is 0 Å². The molecular formula is C20H18N4O3. The summed E-state index contributed by atoms with van der Waals surface area (Å²) in [6, 6.07) is 18.5. The number of rotatable bonds is 7. The van der Waals surface area contributed by atoms with Crippen LogP contribution in [0.4, 0.5) is 11.5 Å². The number of anilines is 1. The molecule has 0 bridgehead atoms. The quantitative estimate of drug-likeness (QED) is 0.384. The van der Waals surface area contributed by atoms with E-state index in [0.717, 1.165) is 16.9 Å². The monoisotopic (exact) mass is 362 g/mol. The summed E-state index contributed by atoms with van der Waals surface area (Å²) in [5.41, 5.74) is 5.91. The molecule has 0 aliphatic heterocycles. The van der Waals surface area contributed by atoms with Crippen molar-refractivity contribution in [2.75, 3.05) is 5.43 Å². The van der Waals surface area contributed by atoms with Crippen LogP contribution in [0.1, 0.15) is 16.7 Å². The number of hydrogen-bond acceptors (Lipinski definition) is 6. The van der Waals surface area contributed by atoms with Crippen molar-refractivity contribution in [1.82, 2.24) is 4.98 Å². The Morgan fingerprint density at radius 3 is 2.59 bits per heavy atom. The van der Waals surface area contributed by atoms with Gasteiger partial charge in [0, 0.05) is 6.07 Å². The summed E-state index contributed by atoms with van der Waals surface area (Å²) in [6.45, 7) is 2.58. The first-order chi connectivity index (χ1) is 13.1. The molecule has 27 heavy (non-hydrogen) atoms. The van der Waals surface area contributed by atoms with E-state index in [1.54, 1.807) is 6.21 Å². The fourth-order valence-electron chi connectivity index (χ4n) is 2.32. The van der Waals surface area contributed by atoms with Gasteiger partial charge in [0.15, 0.2) is 0 Å². The zero-order valence-corrected chi connectivity index (χ0v) is 14.7. The van der Waals surface area contributed by atoms with Crippen molar-refractivity contribution in [3.8, 4) is 5.75 Å². The lowest BCUT2D eigenvalue weighted by Crippen LogP contribution is -1.98. The van der Waals surface area contributed by atoms with Crippen molar-refractivity contribution in [2.45, 2.75) is 13.5 Å². The van der Waals surface area contributed by atoms with Gasteiger partial charge >= 0.3 is 0 Å². The molecule has 0 aliphatic carbocycles. The molecule has 0 saturated heterocycles. The van der Waals surface area contributed by atoms with Crippen LogP contribution in [-0.2, 0) is 6.61 Å². The van der Waals surface area contributed by atoms with Crippen LogP contribution in [0.3, 0.4) is 0 Å². The largest absolute Gasteiger partial charge is 0.489 e. The molecule has 3 aromatic rings. The van der Waals surface area contributed by atoms with Crippen LogP contribution >= 0.6 is 0 Å². The third kappa shape index (κ3) is 5.12. The third-order valence-electron chi connectivity index (χ3n) is 3.89. The van der Waals surface area contributed by atoms with Gasteiger partial charge in [-0.15, -0.1) is 0 Å². The normalized spacial score (nSPS) is 10.7. The Morgan fingerprint density at radius 2 is 1.93 bits per heavy atom. The number of benzene rings is 2. The number of aromatic nitrogens is 1. The zero-order chi connectivity index (χ0) is 19.1. The van der Waals surface area contributed by atoms with E-state index < -0.39 is 4.92 Å². The maximum atomic E-state index is 10.6. The van der Waals surface area contributed by atoms with Crippen molar-refractivity contribution in [3.05, 3.63) is 93.7 Å². The highest BCUT2D eigenvalue weighted by atomic mass is 16.6. The van der Waals surface area contributed by atoms with E-state index in [1.807, 2.05) is 42.5 Å². The Bertz CT molecular complexity index is 938. The minimum absolute atomic E-state index is 0.0641. The molecule has 0 radical (unpaired) electrons. The summed E-state index contributed by atoms with van der Waals surface area (Å²) in [4.78, 5) is 14.0. The number of nitro groups is 1. The number of aryl methyl sites for hydroxylation is 1. The standard InChI is InChI=1S/C20H18N4O3/c1-15-4-2-3-5-17(15)14-27-19-9-6-16(7-10-19)12-22-23-20-11-8-18(13-21-20)24(25)26/h2-13H,14H2,1H3,(H,21,23)/b22-12-. The van der Waals surface area contributed by atoms with E-state index in [4.69, 9.17) is 4.74 Å². The van der Waals surface area contributed by atoms with Gasteiger partial charge in [0.05, 0.1) is 11.1 Å². The topological polar surface area (TPSA) is 89.6 Å². The summed E-state index contributed by atoms with van der Waals surface area (Å²) in [6.07, 6.45) is 2.81. The van der Waals surface area contributed by atoms with Gasteiger partial charge in [-0.2, -0.15) is 5.10 Å². The van der Waals surface area contributed by atoms with Crippen LogP contribution in [-0.4, -0.2) is 16.1 Å². The third-order valence-corrected chi connectivity index (χ3v) is 3.89. The number of pyridine rings is 1. The molecule has 0 spiro atoms. The zero-order valence-electron chi connectivity index (χ0n) is 14.7. The average molecular weight is 362 g/mol. The lowest BCUT2D eigenvalue weighted by molar-refractivity contribution is -0.385. The number of nitrogens with one attached hydrogen (secondary N) is 1. The minimum Gasteiger partial charge on any atom is -0.489 e. The van der Waals surface area contributed by atoms with Crippen molar-refractivity contribution in [1.29, 1.82) is 0 Å². The van der Waals surface area contributed by atoms with Gasteiger partial charge in [-0.25, -0.2) is 4.98 Å². The van der Waals surface area contributed by atoms with Crippen LogP contribution in [0.15, 0.2) is 72.0 Å². The maximum Gasteiger partial charge on any atom is 0.287 e. The van der Waals surface area contributed by atoms with E-state index in [0.29, 0.717) is 12.4 Å². The van der Waals surface area contributed by atoms with E-state index in [1.165, 1.54) is 23.9 Å². The number of hydrogen-bond donors (Lipinski definition) is 1. The minimum atomic E-state index is -0.497. The predicted octanol–water partition coefficient (Wildman–Crippen LogP) is 4.32.